The highest BCUT2D eigenvalue weighted by Crippen LogP contribution is 2.19. The van der Waals surface area contributed by atoms with Gasteiger partial charge in [-0.05, 0) is 26.7 Å². The minimum absolute atomic E-state index is 0.0331. The fourth-order valence-electron chi connectivity index (χ4n) is 2.37. The third-order valence-electron chi connectivity index (χ3n) is 3.26. The van der Waals surface area contributed by atoms with Gasteiger partial charge >= 0.3 is 6.09 Å². The third kappa shape index (κ3) is 7.34. The fraction of sp³-hybridized carbons (Fsp3) is 0.812. The molecule has 7 heteroatoms. The summed E-state index contributed by atoms with van der Waals surface area (Å²) in [6.45, 7) is 11.2. The standard InChI is InChI=1S/C16H29N3O4/c1-11(2)9-19-10-12(8-13(19)20)14(21)17-6-7-18-15(22)23-16(3,4)5/h11-12H,6-10H2,1-5H3,(H,17,21)(H,18,22). The van der Waals surface area contributed by atoms with Crippen LogP contribution in [0.4, 0.5) is 4.79 Å². The topological polar surface area (TPSA) is 87.7 Å². The number of hydrogen-bond acceptors (Lipinski definition) is 4. The van der Waals surface area contributed by atoms with Crippen LogP contribution in [0.25, 0.3) is 0 Å². The molecule has 0 bridgehead atoms. The SMILES string of the molecule is CC(C)CN1CC(C(=O)NCCNC(=O)OC(C)(C)C)CC1=O. The highest BCUT2D eigenvalue weighted by atomic mass is 16.6. The van der Waals surface area contributed by atoms with Gasteiger partial charge in [-0.15, -0.1) is 0 Å². The van der Waals surface area contributed by atoms with Crippen LogP contribution in [0.15, 0.2) is 0 Å². The Hall–Kier alpha value is -1.79. The number of rotatable bonds is 6. The van der Waals surface area contributed by atoms with Gasteiger partial charge in [-0.1, -0.05) is 13.8 Å². The molecule has 1 unspecified atom stereocenters. The van der Waals surface area contributed by atoms with Gasteiger partial charge in [0.1, 0.15) is 5.60 Å². The second-order valence-corrected chi connectivity index (χ2v) is 7.31. The van der Waals surface area contributed by atoms with E-state index in [0.29, 0.717) is 25.6 Å². The Kier molecular flexibility index (Phi) is 6.84. The van der Waals surface area contributed by atoms with Gasteiger partial charge in [0, 0.05) is 32.6 Å². The van der Waals surface area contributed by atoms with Crippen LogP contribution in [0.2, 0.25) is 0 Å². The Morgan fingerprint density at radius 1 is 1.26 bits per heavy atom. The second-order valence-electron chi connectivity index (χ2n) is 7.31. The first-order valence-electron chi connectivity index (χ1n) is 8.11. The average molecular weight is 327 g/mol. The lowest BCUT2D eigenvalue weighted by molar-refractivity contribution is -0.129. The van der Waals surface area contributed by atoms with Crippen molar-refractivity contribution in [2.24, 2.45) is 11.8 Å². The average Bonchev–Trinajstić information content (AvgIpc) is 2.73. The third-order valence-corrected chi connectivity index (χ3v) is 3.26. The van der Waals surface area contributed by atoms with E-state index in [1.54, 1.807) is 25.7 Å². The molecule has 23 heavy (non-hydrogen) atoms. The van der Waals surface area contributed by atoms with Gasteiger partial charge < -0.3 is 20.3 Å². The van der Waals surface area contributed by atoms with Gasteiger partial charge in [0.15, 0.2) is 0 Å². The van der Waals surface area contributed by atoms with E-state index >= 15 is 0 Å². The van der Waals surface area contributed by atoms with Crippen molar-refractivity contribution in [2.75, 3.05) is 26.2 Å². The number of nitrogens with zero attached hydrogens (tertiary/aromatic N) is 1. The van der Waals surface area contributed by atoms with E-state index < -0.39 is 11.7 Å². The maximum Gasteiger partial charge on any atom is 0.407 e. The zero-order valence-corrected chi connectivity index (χ0v) is 14.8. The van der Waals surface area contributed by atoms with Crippen LogP contribution in [0.5, 0.6) is 0 Å². The molecule has 0 aromatic carbocycles. The van der Waals surface area contributed by atoms with E-state index in [1.807, 2.05) is 13.8 Å². The summed E-state index contributed by atoms with van der Waals surface area (Å²) in [6, 6.07) is 0. The van der Waals surface area contributed by atoms with Gasteiger partial charge in [0.2, 0.25) is 11.8 Å². The first-order chi connectivity index (χ1) is 10.6. The van der Waals surface area contributed by atoms with Crippen molar-refractivity contribution >= 4 is 17.9 Å². The lowest BCUT2D eigenvalue weighted by atomic mass is 10.1. The maximum absolute atomic E-state index is 12.1. The monoisotopic (exact) mass is 327 g/mol. The van der Waals surface area contributed by atoms with Crippen LogP contribution in [-0.4, -0.2) is 54.6 Å². The normalized spacial score (nSPS) is 18.3. The number of alkyl carbamates (subject to hydrolysis) is 1. The number of ether oxygens (including phenoxy) is 1. The first kappa shape index (κ1) is 19.3. The van der Waals surface area contributed by atoms with E-state index in [9.17, 15) is 14.4 Å². The summed E-state index contributed by atoms with van der Waals surface area (Å²) < 4.78 is 5.10. The number of likely N-dealkylation sites (tertiary alicyclic amines) is 1. The molecule has 0 aromatic heterocycles. The Balaban J connectivity index is 2.25. The van der Waals surface area contributed by atoms with Crippen LogP contribution in [0.1, 0.15) is 41.0 Å². The Morgan fingerprint density at radius 2 is 1.87 bits per heavy atom. The Morgan fingerprint density at radius 3 is 2.43 bits per heavy atom. The molecule has 1 atom stereocenters. The van der Waals surface area contributed by atoms with Crippen molar-refractivity contribution in [1.82, 2.24) is 15.5 Å². The van der Waals surface area contributed by atoms with Gasteiger partial charge in [0.25, 0.3) is 0 Å². The molecular formula is C16H29N3O4. The fourth-order valence-corrected chi connectivity index (χ4v) is 2.37. The zero-order chi connectivity index (χ0) is 17.6. The number of amides is 3. The van der Waals surface area contributed by atoms with Gasteiger partial charge in [-0.2, -0.15) is 0 Å². The lowest BCUT2D eigenvalue weighted by Gasteiger charge is -2.20. The summed E-state index contributed by atoms with van der Waals surface area (Å²) in [5.41, 5.74) is -0.544. The van der Waals surface area contributed by atoms with E-state index in [4.69, 9.17) is 4.74 Å². The zero-order valence-electron chi connectivity index (χ0n) is 14.8. The molecule has 1 fully saturated rings. The smallest absolute Gasteiger partial charge is 0.407 e. The van der Waals surface area contributed by atoms with Crippen molar-refractivity contribution in [1.29, 1.82) is 0 Å². The maximum atomic E-state index is 12.1. The predicted octanol–water partition coefficient (Wildman–Crippen LogP) is 1.13. The largest absolute Gasteiger partial charge is 0.444 e. The number of carbonyl (C=O) groups is 3. The lowest BCUT2D eigenvalue weighted by Crippen LogP contribution is -2.40. The summed E-state index contributed by atoms with van der Waals surface area (Å²) in [5, 5.41) is 5.32. The summed E-state index contributed by atoms with van der Waals surface area (Å²) in [5.74, 6) is -0.0251. The van der Waals surface area contributed by atoms with Gasteiger partial charge in [-0.25, -0.2) is 4.79 Å². The van der Waals surface area contributed by atoms with Crippen LogP contribution in [-0.2, 0) is 14.3 Å². The molecule has 0 radical (unpaired) electrons. The summed E-state index contributed by atoms with van der Waals surface area (Å²) in [4.78, 5) is 37.1. The molecule has 1 aliphatic rings. The summed E-state index contributed by atoms with van der Waals surface area (Å²) in [6.07, 6.45) is -0.246. The molecule has 1 aliphatic heterocycles. The summed E-state index contributed by atoms with van der Waals surface area (Å²) in [7, 11) is 0. The molecule has 0 aliphatic carbocycles. The van der Waals surface area contributed by atoms with Crippen LogP contribution < -0.4 is 10.6 Å². The van der Waals surface area contributed by atoms with Crippen molar-refractivity contribution in [3.63, 3.8) is 0 Å². The molecule has 0 spiro atoms. The molecule has 0 saturated carbocycles. The van der Waals surface area contributed by atoms with Crippen molar-refractivity contribution < 1.29 is 19.1 Å². The van der Waals surface area contributed by atoms with Crippen molar-refractivity contribution in [2.45, 2.75) is 46.6 Å². The minimum Gasteiger partial charge on any atom is -0.444 e. The van der Waals surface area contributed by atoms with E-state index in [0.717, 1.165) is 0 Å². The molecule has 3 amide bonds. The second kappa shape index (κ2) is 8.17. The van der Waals surface area contributed by atoms with Crippen LogP contribution in [0.3, 0.4) is 0 Å². The molecule has 7 nitrogen and oxygen atoms in total. The van der Waals surface area contributed by atoms with Crippen LogP contribution in [0, 0.1) is 11.8 Å². The van der Waals surface area contributed by atoms with Gasteiger partial charge in [0.05, 0.1) is 5.92 Å². The van der Waals surface area contributed by atoms with Gasteiger partial charge in [-0.3, -0.25) is 9.59 Å². The quantitative estimate of drug-likeness (QED) is 0.716. The molecule has 1 rings (SSSR count). The Labute approximate surface area is 138 Å². The van der Waals surface area contributed by atoms with E-state index in [-0.39, 0.29) is 30.7 Å². The number of hydrogen-bond donors (Lipinski definition) is 2. The number of carbonyl (C=O) groups excluding carboxylic acids is 3. The summed E-state index contributed by atoms with van der Waals surface area (Å²) >= 11 is 0. The Bertz CT molecular complexity index is 443. The predicted molar refractivity (Wildman–Crippen MR) is 86.8 cm³/mol. The van der Waals surface area contributed by atoms with Crippen molar-refractivity contribution in [3.8, 4) is 0 Å². The minimum atomic E-state index is -0.544. The molecule has 2 N–H and O–H groups in total. The first-order valence-corrected chi connectivity index (χ1v) is 8.11. The molecule has 132 valence electrons. The van der Waals surface area contributed by atoms with Crippen LogP contribution >= 0.6 is 0 Å². The molecule has 1 saturated heterocycles. The highest BCUT2D eigenvalue weighted by Gasteiger charge is 2.34. The molecular weight excluding hydrogens is 298 g/mol. The van der Waals surface area contributed by atoms with Crippen molar-refractivity contribution in [3.05, 3.63) is 0 Å². The molecule has 1 heterocycles. The number of nitrogens with one attached hydrogen (secondary N) is 2. The highest BCUT2D eigenvalue weighted by molar-refractivity contribution is 5.89. The molecule has 0 aromatic rings. The van der Waals surface area contributed by atoms with E-state index in [1.165, 1.54) is 0 Å². The van der Waals surface area contributed by atoms with E-state index in [2.05, 4.69) is 10.6 Å².